The molecule has 144 valence electrons. The Balaban J connectivity index is 1.87. The van der Waals surface area contributed by atoms with Crippen LogP contribution in [0.25, 0.3) is 11.2 Å². The van der Waals surface area contributed by atoms with Crippen LogP contribution in [0.2, 0.25) is 0 Å². The fourth-order valence-electron chi connectivity index (χ4n) is 3.37. The van der Waals surface area contributed by atoms with Gasteiger partial charge >= 0.3 is 17.1 Å². The zero-order valence-corrected chi connectivity index (χ0v) is 15.4. The fourth-order valence-corrected chi connectivity index (χ4v) is 3.37. The van der Waals surface area contributed by atoms with Crippen LogP contribution in [0.1, 0.15) is 19.8 Å². The molecule has 27 heavy (non-hydrogen) atoms. The Morgan fingerprint density at radius 2 is 2.07 bits per heavy atom. The van der Waals surface area contributed by atoms with Gasteiger partial charge in [0, 0.05) is 26.3 Å². The van der Waals surface area contributed by atoms with Gasteiger partial charge < -0.3 is 9.64 Å². The van der Waals surface area contributed by atoms with E-state index < -0.39 is 11.1 Å². The van der Waals surface area contributed by atoms with Crippen LogP contribution in [0.3, 0.4) is 0 Å². The molecule has 1 atom stereocenters. The van der Waals surface area contributed by atoms with E-state index in [1.807, 2.05) is 0 Å². The van der Waals surface area contributed by atoms with Gasteiger partial charge in [-0.2, -0.15) is 0 Å². The highest BCUT2D eigenvalue weighted by atomic mass is 16.5. The molecule has 3 heterocycles. The number of esters is 1. The molecule has 2 aromatic heterocycles. The van der Waals surface area contributed by atoms with Crippen LogP contribution in [-0.4, -0.2) is 50.6 Å². The molecular weight excluding hydrogens is 352 g/mol. The van der Waals surface area contributed by atoms with Crippen LogP contribution in [0.4, 0.5) is 0 Å². The third-order valence-electron chi connectivity index (χ3n) is 4.79. The molecule has 0 N–H and O–H groups in total. The molecule has 1 fully saturated rings. The Morgan fingerprint density at radius 1 is 1.30 bits per heavy atom. The Hall–Kier alpha value is -2.97. The van der Waals surface area contributed by atoms with E-state index in [1.165, 1.54) is 17.8 Å². The van der Waals surface area contributed by atoms with Crippen molar-refractivity contribution in [1.29, 1.82) is 0 Å². The Labute approximate surface area is 155 Å². The summed E-state index contributed by atoms with van der Waals surface area (Å²) >= 11 is 0. The van der Waals surface area contributed by atoms with Crippen molar-refractivity contribution in [1.82, 2.24) is 19.0 Å². The van der Waals surface area contributed by atoms with Gasteiger partial charge in [-0.25, -0.2) is 4.98 Å². The molecule has 0 aromatic carbocycles. The van der Waals surface area contributed by atoms with Crippen molar-refractivity contribution in [2.75, 3.05) is 19.7 Å². The second-order valence-corrected chi connectivity index (χ2v) is 6.53. The molecule has 0 saturated carbocycles. The number of aryl methyl sites for hydroxylation is 1. The Morgan fingerprint density at radius 3 is 2.81 bits per heavy atom. The number of ether oxygens (including phenoxy) is 1. The van der Waals surface area contributed by atoms with Crippen molar-refractivity contribution in [3.8, 4) is 0 Å². The molecular formula is C18H22N4O5. The van der Waals surface area contributed by atoms with Crippen LogP contribution in [-0.2, 0) is 27.9 Å². The van der Waals surface area contributed by atoms with Gasteiger partial charge in [0.25, 0.3) is 0 Å². The first-order chi connectivity index (χ1) is 12.9. The maximum Gasteiger partial charge on any atom is 0.317 e. The summed E-state index contributed by atoms with van der Waals surface area (Å²) in [5.74, 6) is -0.985. The zero-order valence-electron chi connectivity index (χ0n) is 15.4. The zero-order chi connectivity index (χ0) is 19.6. The van der Waals surface area contributed by atoms with Gasteiger partial charge in [0.05, 0.1) is 18.0 Å². The number of piperidine rings is 1. The minimum atomic E-state index is -0.773. The molecule has 2 aromatic rings. The summed E-state index contributed by atoms with van der Waals surface area (Å²) in [7, 11) is 1.47. The lowest BCUT2D eigenvalue weighted by atomic mass is 9.98. The van der Waals surface area contributed by atoms with E-state index in [-0.39, 0.29) is 30.9 Å². The third kappa shape index (κ3) is 3.62. The molecule has 1 saturated heterocycles. The fraction of sp³-hybridized carbons (Fsp3) is 0.500. The summed E-state index contributed by atoms with van der Waals surface area (Å²) in [4.78, 5) is 55.0. The number of likely N-dealkylation sites (tertiary alicyclic amines) is 1. The van der Waals surface area contributed by atoms with Gasteiger partial charge in [-0.05, 0) is 31.9 Å². The number of carbonyl (C=O) groups is 2. The van der Waals surface area contributed by atoms with Crippen molar-refractivity contribution >= 4 is 23.0 Å². The molecule has 1 amide bonds. The summed E-state index contributed by atoms with van der Waals surface area (Å²) in [5, 5.41) is 0. The standard InChI is InChI=1S/C18H22N4O5/c1-3-27-18(26)12-6-5-9-21(10-12)14(23)11-22-13-7-4-8-19-15(13)20(2)16(24)17(22)25/h4,7-8,12H,3,5-6,9-11H2,1-2H3. The van der Waals surface area contributed by atoms with Crippen LogP contribution < -0.4 is 11.1 Å². The number of hydrogen-bond donors (Lipinski definition) is 0. The Bertz CT molecular complexity index is 993. The smallest absolute Gasteiger partial charge is 0.317 e. The molecule has 9 heteroatoms. The van der Waals surface area contributed by atoms with Gasteiger partial charge in [-0.15, -0.1) is 0 Å². The number of carbonyl (C=O) groups excluding carboxylic acids is 2. The second-order valence-electron chi connectivity index (χ2n) is 6.53. The monoisotopic (exact) mass is 374 g/mol. The molecule has 9 nitrogen and oxygen atoms in total. The van der Waals surface area contributed by atoms with Crippen molar-refractivity contribution in [3.63, 3.8) is 0 Å². The molecule has 0 radical (unpaired) electrons. The van der Waals surface area contributed by atoms with Gasteiger partial charge in [0.2, 0.25) is 5.91 Å². The highest BCUT2D eigenvalue weighted by molar-refractivity contribution is 5.80. The first-order valence-corrected chi connectivity index (χ1v) is 8.93. The van der Waals surface area contributed by atoms with E-state index in [1.54, 1.807) is 24.0 Å². The van der Waals surface area contributed by atoms with Gasteiger partial charge in [-0.3, -0.25) is 28.3 Å². The van der Waals surface area contributed by atoms with E-state index in [2.05, 4.69) is 4.98 Å². The summed E-state index contributed by atoms with van der Waals surface area (Å²) in [6.45, 7) is 2.53. The second kappa shape index (κ2) is 7.73. The topological polar surface area (TPSA) is 104 Å². The van der Waals surface area contributed by atoms with Crippen molar-refractivity contribution < 1.29 is 14.3 Å². The average molecular weight is 374 g/mol. The van der Waals surface area contributed by atoms with Crippen LogP contribution >= 0.6 is 0 Å². The van der Waals surface area contributed by atoms with Crippen molar-refractivity contribution in [2.24, 2.45) is 13.0 Å². The maximum absolute atomic E-state index is 12.8. The quantitative estimate of drug-likeness (QED) is 0.547. The maximum atomic E-state index is 12.8. The molecule has 1 aliphatic rings. The predicted molar refractivity (Wildman–Crippen MR) is 97.2 cm³/mol. The third-order valence-corrected chi connectivity index (χ3v) is 4.79. The summed E-state index contributed by atoms with van der Waals surface area (Å²) in [6.07, 6.45) is 2.87. The van der Waals surface area contributed by atoms with Crippen molar-refractivity contribution in [2.45, 2.75) is 26.3 Å². The number of amides is 1. The van der Waals surface area contributed by atoms with E-state index in [0.717, 1.165) is 4.57 Å². The molecule has 0 bridgehead atoms. The number of aromatic nitrogens is 3. The van der Waals surface area contributed by atoms with Crippen LogP contribution in [0, 0.1) is 5.92 Å². The van der Waals surface area contributed by atoms with E-state index in [9.17, 15) is 19.2 Å². The number of nitrogens with zero attached hydrogens (tertiary/aromatic N) is 4. The molecule has 0 spiro atoms. The summed E-state index contributed by atoms with van der Waals surface area (Å²) in [6, 6.07) is 3.29. The lowest BCUT2D eigenvalue weighted by molar-refractivity contribution is -0.151. The first-order valence-electron chi connectivity index (χ1n) is 8.93. The normalized spacial score (nSPS) is 17.1. The molecule has 1 aliphatic heterocycles. The summed E-state index contributed by atoms with van der Waals surface area (Å²) < 4.78 is 7.38. The number of fused-ring (bicyclic) bond motifs is 1. The lowest BCUT2D eigenvalue weighted by Crippen LogP contribution is -2.47. The SMILES string of the molecule is CCOC(=O)C1CCCN(C(=O)Cn2c(=O)c(=O)n(C)c3ncccc32)C1. The van der Waals surface area contributed by atoms with E-state index in [4.69, 9.17) is 4.74 Å². The van der Waals surface area contributed by atoms with E-state index >= 15 is 0 Å². The summed E-state index contributed by atoms with van der Waals surface area (Å²) in [5.41, 5.74) is -0.766. The van der Waals surface area contributed by atoms with Crippen molar-refractivity contribution in [3.05, 3.63) is 39.0 Å². The van der Waals surface area contributed by atoms with Gasteiger partial charge in [0.15, 0.2) is 5.65 Å². The largest absolute Gasteiger partial charge is 0.466 e. The molecule has 3 rings (SSSR count). The number of pyridine rings is 1. The van der Waals surface area contributed by atoms with Gasteiger partial charge in [0.1, 0.15) is 6.54 Å². The molecule has 1 unspecified atom stereocenters. The minimum absolute atomic E-state index is 0.257. The van der Waals surface area contributed by atoms with Gasteiger partial charge in [-0.1, -0.05) is 0 Å². The van der Waals surface area contributed by atoms with Crippen LogP contribution in [0.15, 0.2) is 27.9 Å². The van der Waals surface area contributed by atoms with E-state index in [0.29, 0.717) is 37.2 Å². The number of rotatable bonds is 4. The first kappa shape index (κ1) is 18.8. The molecule has 0 aliphatic carbocycles. The minimum Gasteiger partial charge on any atom is -0.466 e. The highest BCUT2D eigenvalue weighted by Crippen LogP contribution is 2.18. The lowest BCUT2D eigenvalue weighted by Gasteiger charge is -2.31. The average Bonchev–Trinajstić information content (AvgIpc) is 2.69. The number of hydrogen-bond acceptors (Lipinski definition) is 6. The highest BCUT2D eigenvalue weighted by Gasteiger charge is 2.29. The van der Waals surface area contributed by atoms with Crippen LogP contribution in [0.5, 0.6) is 0 Å². The predicted octanol–water partition coefficient (Wildman–Crippen LogP) is -0.103. The Kier molecular flexibility index (Phi) is 5.38.